The lowest BCUT2D eigenvalue weighted by atomic mass is 10.3. The number of aromatic nitrogens is 2. The van der Waals surface area contributed by atoms with Crippen LogP contribution in [0, 0.1) is 0 Å². The van der Waals surface area contributed by atoms with Crippen LogP contribution in [0.3, 0.4) is 0 Å². The van der Waals surface area contributed by atoms with Gasteiger partial charge in [0.1, 0.15) is 17.4 Å². The summed E-state index contributed by atoms with van der Waals surface area (Å²) in [5, 5.41) is 0.982. The molecule has 0 atom stereocenters. The molecule has 0 aliphatic heterocycles. The van der Waals surface area contributed by atoms with Crippen LogP contribution in [0.15, 0.2) is 24.3 Å². The van der Waals surface area contributed by atoms with E-state index in [1.807, 2.05) is 0 Å². The Morgan fingerprint density at radius 1 is 1.16 bits per heavy atom. The fraction of sp³-hybridized carbons (Fsp3) is 0.231. The molecule has 0 radical (unpaired) electrons. The number of rotatable bonds is 3. The third-order valence-electron chi connectivity index (χ3n) is 2.79. The lowest BCUT2D eigenvalue weighted by molar-refractivity contribution is 0.459. The van der Waals surface area contributed by atoms with Crippen molar-refractivity contribution in [2.75, 3.05) is 5.73 Å². The zero-order valence-electron chi connectivity index (χ0n) is 9.94. The molecule has 2 aromatic rings. The van der Waals surface area contributed by atoms with Crippen molar-refractivity contribution in [1.82, 2.24) is 9.97 Å². The van der Waals surface area contributed by atoms with Gasteiger partial charge in [-0.3, -0.25) is 0 Å². The Morgan fingerprint density at radius 3 is 2.63 bits per heavy atom. The first-order chi connectivity index (χ1) is 9.11. The number of anilines is 1. The number of nitrogen functional groups attached to an aromatic ring is 1. The van der Waals surface area contributed by atoms with E-state index in [0.717, 1.165) is 18.7 Å². The van der Waals surface area contributed by atoms with Gasteiger partial charge in [-0.2, -0.15) is 4.98 Å². The highest BCUT2D eigenvalue weighted by atomic mass is 35.5. The van der Waals surface area contributed by atoms with E-state index >= 15 is 0 Å². The summed E-state index contributed by atoms with van der Waals surface area (Å²) in [5.41, 5.74) is 5.76. The van der Waals surface area contributed by atoms with Crippen molar-refractivity contribution in [1.29, 1.82) is 0 Å². The van der Waals surface area contributed by atoms with Gasteiger partial charge in [0.25, 0.3) is 0 Å². The molecule has 1 saturated carbocycles. The molecule has 4 nitrogen and oxygen atoms in total. The summed E-state index contributed by atoms with van der Waals surface area (Å²) in [6, 6.07) is 6.59. The molecule has 0 spiro atoms. The first-order valence-electron chi connectivity index (χ1n) is 5.89. The maximum Gasteiger partial charge on any atom is 0.224 e. The van der Waals surface area contributed by atoms with E-state index in [1.165, 1.54) is 0 Å². The first kappa shape index (κ1) is 12.5. The van der Waals surface area contributed by atoms with E-state index in [4.69, 9.17) is 33.7 Å². The van der Waals surface area contributed by atoms with Gasteiger partial charge >= 0.3 is 0 Å². The summed E-state index contributed by atoms with van der Waals surface area (Å²) in [6.07, 6.45) is 2.20. The number of benzene rings is 1. The van der Waals surface area contributed by atoms with Crippen LogP contribution < -0.4 is 10.5 Å². The molecule has 3 rings (SSSR count). The van der Waals surface area contributed by atoms with Crippen LogP contribution in [0.25, 0.3) is 0 Å². The molecule has 0 amide bonds. The van der Waals surface area contributed by atoms with Crippen LogP contribution >= 0.6 is 23.2 Å². The summed E-state index contributed by atoms with van der Waals surface area (Å²) in [6.45, 7) is 0. The molecule has 0 unspecified atom stereocenters. The Morgan fingerprint density at radius 2 is 1.95 bits per heavy atom. The van der Waals surface area contributed by atoms with E-state index in [1.54, 1.807) is 24.3 Å². The molecule has 1 heterocycles. The molecule has 1 aromatic heterocycles. The standard InChI is InChI=1S/C13H11Cl2N3O/c14-8-3-4-10(9(15)5-8)19-12-6-11(16)17-13(18-12)7-1-2-7/h3-7H,1-2H2,(H2,16,17,18). The van der Waals surface area contributed by atoms with Crippen molar-refractivity contribution < 1.29 is 4.74 Å². The molecule has 1 aromatic carbocycles. The average Bonchev–Trinajstić information content (AvgIpc) is 3.16. The van der Waals surface area contributed by atoms with Gasteiger partial charge in [0.2, 0.25) is 5.88 Å². The molecule has 2 N–H and O–H groups in total. The van der Waals surface area contributed by atoms with Crippen molar-refractivity contribution in [2.24, 2.45) is 0 Å². The molecular formula is C13H11Cl2N3O. The van der Waals surface area contributed by atoms with E-state index < -0.39 is 0 Å². The Labute approximate surface area is 120 Å². The lowest BCUT2D eigenvalue weighted by Gasteiger charge is -2.08. The zero-order chi connectivity index (χ0) is 13.4. The van der Waals surface area contributed by atoms with Crippen molar-refractivity contribution in [2.45, 2.75) is 18.8 Å². The average molecular weight is 296 g/mol. The monoisotopic (exact) mass is 295 g/mol. The van der Waals surface area contributed by atoms with Gasteiger partial charge in [0.05, 0.1) is 5.02 Å². The van der Waals surface area contributed by atoms with E-state index in [2.05, 4.69) is 9.97 Å². The summed E-state index contributed by atoms with van der Waals surface area (Å²) in [7, 11) is 0. The van der Waals surface area contributed by atoms with E-state index in [0.29, 0.717) is 33.4 Å². The fourth-order valence-electron chi connectivity index (χ4n) is 1.71. The molecular weight excluding hydrogens is 285 g/mol. The Kier molecular flexibility index (Phi) is 3.21. The highest BCUT2D eigenvalue weighted by Crippen LogP contribution is 2.39. The Balaban J connectivity index is 1.89. The van der Waals surface area contributed by atoms with Crippen LogP contribution in [0.5, 0.6) is 11.6 Å². The maximum atomic E-state index is 6.05. The summed E-state index contributed by atoms with van der Waals surface area (Å²) in [4.78, 5) is 8.56. The van der Waals surface area contributed by atoms with Gasteiger partial charge in [0, 0.05) is 17.0 Å². The third kappa shape index (κ3) is 2.91. The largest absolute Gasteiger partial charge is 0.437 e. The molecule has 0 bridgehead atoms. The highest BCUT2D eigenvalue weighted by molar-refractivity contribution is 6.35. The number of ether oxygens (including phenoxy) is 1. The second-order valence-electron chi connectivity index (χ2n) is 4.44. The number of halogens is 2. The van der Waals surface area contributed by atoms with Crippen LogP contribution in [0.4, 0.5) is 5.82 Å². The SMILES string of the molecule is Nc1cc(Oc2ccc(Cl)cc2Cl)nc(C2CC2)n1. The predicted octanol–water partition coefficient (Wildman–Crippen LogP) is 4.04. The van der Waals surface area contributed by atoms with Gasteiger partial charge < -0.3 is 10.5 Å². The van der Waals surface area contributed by atoms with Gasteiger partial charge in [-0.15, -0.1) is 0 Å². The third-order valence-corrected chi connectivity index (χ3v) is 3.32. The van der Waals surface area contributed by atoms with Crippen molar-refractivity contribution in [3.63, 3.8) is 0 Å². The number of hydrogen-bond acceptors (Lipinski definition) is 4. The summed E-state index contributed by atoms with van der Waals surface area (Å²) >= 11 is 11.9. The van der Waals surface area contributed by atoms with E-state index in [-0.39, 0.29) is 0 Å². The van der Waals surface area contributed by atoms with Crippen molar-refractivity contribution >= 4 is 29.0 Å². The second kappa shape index (κ2) is 4.87. The Bertz CT molecular complexity index is 629. The number of nitrogens with zero attached hydrogens (tertiary/aromatic N) is 2. The summed E-state index contributed by atoms with van der Waals surface area (Å²) in [5.74, 6) is 2.44. The highest BCUT2D eigenvalue weighted by Gasteiger charge is 2.27. The minimum absolute atomic E-state index is 0.400. The maximum absolute atomic E-state index is 6.05. The minimum Gasteiger partial charge on any atom is -0.437 e. The van der Waals surface area contributed by atoms with E-state index in [9.17, 15) is 0 Å². The smallest absolute Gasteiger partial charge is 0.224 e. The molecule has 1 fully saturated rings. The van der Waals surface area contributed by atoms with Crippen LogP contribution in [0.1, 0.15) is 24.6 Å². The van der Waals surface area contributed by atoms with Gasteiger partial charge in [0.15, 0.2) is 0 Å². The molecule has 19 heavy (non-hydrogen) atoms. The number of nitrogens with two attached hydrogens (primary N) is 1. The normalized spacial score (nSPS) is 14.4. The second-order valence-corrected chi connectivity index (χ2v) is 5.28. The van der Waals surface area contributed by atoms with Crippen LogP contribution in [-0.4, -0.2) is 9.97 Å². The quantitative estimate of drug-likeness (QED) is 0.928. The van der Waals surface area contributed by atoms with Crippen molar-refractivity contribution in [3.05, 3.63) is 40.1 Å². The van der Waals surface area contributed by atoms with Gasteiger partial charge in [-0.05, 0) is 31.0 Å². The van der Waals surface area contributed by atoms with Crippen molar-refractivity contribution in [3.8, 4) is 11.6 Å². The van der Waals surface area contributed by atoms with Gasteiger partial charge in [-0.25, -0.2) is 4.98 Å². The lowest BCUT2D eigenvalue weighted by Crippen LogP contribution is -2.00. The summed E-state index contributed by atoms with van der Waals surface area (Å²) < 4.78 is 5.64. The molecule has 0 saturated heterocycles. The molecule has 1 aliphatic rings. The zero-order valence-corrected chi connectivity index (χ0v) is 11.4. The predicted molar refractivity (Wildman–Crippen MR) is 75.0 cm³/mol. The topological polar surface area (TPSA) is 61.0 Å². The minimum atomic E-state index is 0.400. The fourth-order valence-corrected chi connectivity index (χ4v) is 2.16. The molecule has 98 valence electrons. The van der Waals surface area contributed by atoms with Gasteiger partial charge in [-0.1, -0.05) is 23.2 Å². The number of hydrogen-bond donors (Lipinski definition) is 1. The van der Waals surface area contributed by atoms with Crippen LogP contribution in [-0.2, 0) is 0 Å². The first-order valence-corrected chi connectivity index (χ1v) is 6.65. The molecule has 6 heteroatoms. The molecule has 1 aliphatic carbocycles. The Hall–Kier alpha value is -1.52. The van der Waals surface area contributed by atoms with Crippen LogP contribution in [0.2, 0.25) is 10.0 Å².